The minimum atomic E-state index is -4.25. The molecule has 0 aromatic heterocycles. The molecule has 0 fully saturated rings. The Kier molecular flexibility index (Phi) is 59.5. The number of benzene rings is 2. The van der Waals surface area contributed by atoms with Crippen LogP contribution in [0, 0.1) is 59.6 Å². The lowest BCUT2D eigenvalue weighted by molar-refractivity contribution is -0.162. The third-order valence-electron chi connectivity index (χ3n) is 18.2. The third kappa shape index (κ3) is 69.2. The van der Waals surface area contributed by atoms with E-state index in [-0.39, 0.29) is 107 Å². The Balaban J connectivity index is -0.000000134. The minimum Gasteiger partial charge on any atom is -0.385 e. The van der Waals surface area contributed by atoms with Gasteiger partial charge in [-0.05, 0) is 132 Å². The second-order valence-corrected chi connectivity index (χ2v) is 35.1. The summed E-state index contributed by atoms with van der Waals surface area (Å²) in [5.74, 6) is 2.39. The fourth-order valence-electron chi connectivity index (χ4n) is 4.74. The highest BCUT2D eigenvalue weighted by Gasteiger charge is 2.39. The maximum Gasteiger partial charge on any atom is 0.390 e. The lowest BCUT2D eigenvalue weighted by Gasteiger charge is -2.22. The second kappa shape index (κ2) is 52.7. The molecule has 2 rings (SSSR count). The van der Waals surface area contributed by atoms with Crippen molar-refractivity contribution in [1.29, 1.82) is 0 Å². The van der Waals surface area contributed by atoms with E-state index in [1.165, 1.54) is 38.8 Å². The zero-order valence-electron chi connectivity index (χ0n) is 71.8. The molecule has 0 saturated heterocycles. The van der Waals surface area contributed by atoms with E-state index in [4.69, 9.17) is 16.3 Å². The van der Waals surface area contributed by atoms with Gasteiger partial charge in [0.1, 0.15) is 63.6 Å². The number of rotatable bonds is 21. The first kappa shape index (κ1) is 115. The van der Waals surface area contributed by atoms with Gasteiger partial charge >= 0.3 is 6.18 Å². The Morgan fingerprint density at radius 2 is 0.569 bits per heavy atom. The zero-order chi connectivity index (χ0) is 84.1. The van der Waals surface area contributed by atoms with Gasteiger partial charge in [-0.1, -0.05) is 248 Å². The number of aryl methyl sites for hydroxylation is 1. The number of carbonyl (C=O) groups is 11. The summed E-state index contributed by atoms with van der Waals surface area (Å²) in [6.07, 6.45) is 0.265. The smallest absolute Gasteiger partial charge is 0.385 e. The van der Waals surface area contributed by atoms with Crippen molar-refractivity contribution < 1.29 is 75.0 Å². The Morgan fingerprint density at radius 3 is 0.735 bits per heavy atom. The van der Waals surface area contributed by atoms with Crippen molar-refractivity contribution in [3.05, 3.63) is 71.8 Å². The van der Waals surface area contributed by atoms with Crippen LogP contribution in [0.4, 0.5) is 17.6 Å². The summed E-state index contributed by atoms with van der Waals surface area (Å²) >= 11 is 5.48. The Labute approximate surface area is 625 Å². The molecular formula is C85H149ClF4O12. The Hall–Kier alpha value is -5.22. The molecular weight excluding hydrogens is 1320 g/mol. The highest BCUT2D eigenvalue weighted by Crippen LogP contribution is 2.34. The van der Waals surface area contributed by atoms with E-state index in [2.05, 4.69) is 24.3 Å². The van der Waals surface area contributed by atoms with Crippen molar-refractivity contribution in [1.82, 2.24) is 0 Å². The van der Waals surface area contributed by atoms with Crippen molar-refractivity contribution in [2.45, 2.75) is 321 Å². The van der Waals surface area contributed by atoms with E-state index < -0.39 is 35.9 Å². The number of hydrogen-bond acceptors (Lipinski definition) is 12. The number of halogens is 5. The molecule has 2 aromatic rings. The summed E-state index contributed by atoms with van der Waals surface area (Å²) in [6, 6.07) is 20.4. The van der Waals surface area contributed by atoms with Gasteiger partial charge in [0, 0.05) is 79.2 Å². The van der Waals surface area contributed by atoms with Gasteiger partial charge in [0.25, 0.3) is 0 Å². The molecule has 0 amide bonds. The molecule has 0 aliphatic rings. The molecule has 596 valence electrons. The molecule has 0 bridgehead atoms. The van der Waals surface area contributed by atoms with Gasteiger partial charge in [-0.3, -0.25) is 57.1 Å². The maximum atomic E-state index is 11.8. The Bertz CT molecular complexity index is 2620. The maximum absolute atomic E-state index is 11.8. The lowest BCUT2D eigenvalue weighted by Crippen LogP contribution is -2.28. The van der Waals surface area contributed by atoms with Crippen molar-refractivity contribution in [3.8, 4) is 0 Å². The summed E-state index contributed by atoms with van der Waals surface area (Å²) in [6.45, 7) is 68.3. The van der Waals surface area contributed by atoms with Crippen LogP contribution in [0.15, 0.2) is 60.7 Å². The molecule has 0 saturated carbocycles. The highest BCUT2D eigenvalue weighted by molar-refractivity contribution is 6.18. The van der Waals surface area contributed by atoms with E-state index in [9.17, 15) is 70.3 Å². The quantitative estimate of drug-likeness (QED) is 0.0848. The van der Waals surface area contributed by atoms with E-state index >= 15 is 0 Å². The first-order valence-electron chi connectivity index (χ1n) is 35.4. The van der Waals surface area contributed by atoms with Crippen molar-refractivity contribution >= 4 is 75.2 Å². The van der Waals surface area contributed by atoms with Crippen LogP contribution < -0.4 is 0 Å². The van der Waals surface area contributed by atoms with Crippen LogP contribution in [0.25, 0.3) is 0 Å². The monoisotopic (exact) mass is 1470 g/mol. The molecule has 2 aromatic carbocycles. The van der Waals surface area contributed by atoms with Gasteiger partial charge in [0.05, 0.1) is 13.1 Å². The first-order valence-corrected chi connectivity index (χ1v) is 35.9. The van der Waals surface area contributed by atoms with E-state index in [0.29, 0.717) is 18.9 Å². The molecule has 102 heavy (non-hydrogen) atoms. The summed E-state index contributed by atoms with van der Waals surface area (Å²) < 4.78 is 51.9. The Morgan fingerprint density at radius 1 is 0.333 bits per heavy atom. The van der Waals surface area contributed by atoms with Crippen LogP contribution in [0.3, 0.4) is 0 Å². The molecule has 0 N–H and O–H groups in total. The predicted molar refractivity (Wildman–Crippen MR) is 420 cm³/mol. The number of methoxy groups -OCH3 is 1. The predicted octanol–water partition coefficient (Wildman–Crippen LogP) is 23.0. The van der Waals surface area contributed by atoms with Gasteiger partial charge in [0.2, 0.25) is 0 Å². The number of alkyl halides is 5. The molecule has 0 aliphatic heterocycles. The second-order valence-electron chi connectivity index (χ2n) is 34.7. The highest BCUT2D eigenvalue weighted by atomic mass is 35.5. The van der Waals surface area contributed by atoms with E-state index in [0.717, 1.165) is 38.5 Å². The number of hydrogen-bond donors (Lipinski definition) is 0. The van der Waals surface area contributed by atoms with Gasteiger partial charge in [-0.25, -0.2) is 0 Å². The molecule has 0 aliphatic carbocycles. The number of ether oxygens (including phenoxy) is 1. The van der Waals surface area contributed by atoms with Gasteiger partial charge in [-0.2, -0.15) is 13.2 Å². The molecule has 0 spiro atoms. The SMILES string of the molecule is CC(=O)C(C)(C)C.CC(=O)C(C)(C)C.CC(=O)C(C)(C)C.CC(=O)C(C)(C)C.CC(=O)C(C)(C)CC(F)(F)F.CC(=O)C(C)(C)CCCl.CC(=O)C(C)(C)CCF.CC(=O)C(C)(C)CCc1ccccc1.CC(=O)C(C)(C)Cc1ccccc1.CCC(C)(C)C(C)=O.COCCC(C)(C)C(C)=O. The molecule has 0 heterocycles. The van der Waals surface area contributed by atoms with Gasteiger partial charge in [-0.15, -0.1) is 11.6 Å². The summed E-state index contributed by atoms with van der Waals surface area (Å²) in [7, 11) is 1.65. The molecule has 12 nitrogen and oxygen atoms in total. The van der Waals surface area contributed by atoms with Crippen LogP contribution in [-0.4, -0.2) is 96.1 Å². The van der Waals surface area contributed by atoms with Crippen molar-refractivity contribution in [3.63, 3.8) is 0 Å². The molecule has 17 heteroatoms. The summed E-state index contributed by atoms with van der Waals surface area (Å²) in [4.78, 5) is 118. The first-order chi connectivity index (χ1) is 45.0. The standard InChI is InChI=1S/C13H18O.C12H16O.C8H16O2.C7H13ClO.C7H11F3O.C7H13FO.C7H14O.4C6H12O/c1-11(14)13(2,3)10-9-12-7-5-4-6-8-12;1-10(13)12(2,3)9-11-7-5-4-6-8-11;1-7(9)8(2,3)5-6-10-4;1-6(9)7(2,3)4-5-8;1-5(11)6(2,3)4-7(8,9)10;1-6(9)7(2,3)4-5-8;1-5-7(3,4)6(2)8;4*1-5(7)6(2,3)4/h4-8H,9-10H2,1-3H3;4-8H,9H2,1-3H3;5-6H2,1-4H3;4-5H2,1-3H3;4H2,1-3H3;4-5H2,1-3H3;5H2,1-4H3;4*1-4H3. The summed E-state index contributed by atoms with van der Waals surface area (Å²) in [5.41, 5.74) is -0.716. The number of Topliss-reactive ketones (excluding diaryl/α,β-unsaturated/α-hetero) is 11. The molecule has 0 unspecified atom stereocenters. The van der Waals surface area contributed by atoms with Crippen molar-refractivity contribution in [2.24, 2.45) is 59.6 Å². The molecule has 0 radical (unpaired) electrons. The fourth-order valence-corrected chi connectivity index (χ4v) is 5.21. The van der Waals surface area contributed by atoms with Crippen LogP contribution in [0.5, 0.6) is 0 Å². The average Bonchev–Trinajstić information content (AvgIpc) is 0.880. The third-order valence-corrected chi connectivity index (χ3v) is 18.4. The number of carbonyl (C=O) groups excluding carboxylic acids is 11. The fraction of sp³-hybridized carbons (Fsp3) is 0.729. The normalized spacial score (nSPS) is 11.6. The van der Waals surface area contributed by atoms with Crippen molar-refractivity contribution in [2.75, 3.05) is 26.3 Å². The van der Waals surface area contributed by atoms with Crippen LogP contribution in [0.1, 0.15) is 313 Å². The zero-order valence-corrected chi connectivity index (χ0v) is 72.6. The summed E-state index contributed by atoms with van der Waals surface area (Å²) in [5, 5.41) is 0. The molecule has 0 atom stereocenters. The van der Waals surface area contributed by atoms with Gasteiger partial charge < -0.3 is 4.74 Å². The minimum absolute atomic E-state index is 0.0557. The van der Waals surface area contributed by atoms with Crippen LogP contribution >= 0.6 is 11.6 Å². The lowest BCUT2D eigenvalue weighted by atomic mass is 9.82. The topological polar surface area (TPSA) is 197 Å². The van der Waals surface area contributed by atoms with E-state index in [1.807, 2.05) is 196 Å². The average molecular weight is 1470 g/mol. The van der Waals surface area contributed by atoms with Crippen LogP contribution in [-0.2, 0) is 70.3 Å². The van der Waals surface area contributed by atoms with Gasteiger partial charge in [0.15, 0.2) is 0 Å². The van der Waals surface area contributed by atoms with Crippen LogP contribution in [0.2, 0.25) is 0 Å². The van der Waals surface area contributed by atoms with E-state index in [1.54, 1.807) is 83.3 Å². The largest absolute Gasteiger partial charge is 0.390 e. The number of ketones is 11.